The van der Waals surface area contributed by atoms with Crippen LogP contribution in [0, 0.1) is 11.8 Å². The van der Waals surface area contributed by atoms with Crippen LogP contribution in [0.4, 0.5) is 11.5 Å². The van der Waals surface area contributed by atoms with Crippen LogP contribution >= 0.6 is 11.6 Å². The van der Waals surface area contributed by atoms with Crippen molar-refractivity contribution in [1.82, 2.24) is 19.2 Å². The molecular weight excluding hydrogens is 392 g/mol. The average molecular weight is 415 g/mol. The molecule has 1 saturated heterocycles. The molecular formula is C20H23ClN6O2. The quantitative estimate of drug-likeness (QED) is 0.709. The summed E-state index contributed by atoms with van der Waals surface area (Å²) in [6.07, 6.45) is 4.35. The molecule has 1 aromatic carbocycles. The minimum Gasteiger partial charge on any atom is -0.353 e. The molecule has 0 bridgehead atoms. The Bertz CT molecular complexity index is 1100. The molecule has 2 aromatic heterocycles. The maximum Gasteiger partial charge on any atom is 0.350 e. The van der Waals surface area contributed by atoms with Crippen LogP contribution in [0.15, 0.2) is 41.5 Å². The number of nitrogens with zero attached hydrogens (tertiary/aromatic N) is 5. The van der Waals surface area contributed by atoms with Gasteiger partial charge >= 0.3 is 5.69 Å². The summed E-state index contributed by atoms with van der Waals surface area (Å²) < 4.78 is 2.61. The van der Waals surface area contributed by atoms with E-state index >= 15 is 0 Å². The smallest absolute Gasteiger partial charge is 0.350 e. The van der Waals surface area contributed by atoms with E-state index in [2.05, 4.69) is 34.1 Å². The maximum absolute atomic E-state index is 12.8. The molecule has 1 N–H and O–H groups in total. The van der Waals surface area contributed by atoms with E-state index in [1.807, 2.05) is 0 Å². The molecule has 1 amide bonds. The fourth-order valence-electron chi connectivity index (χ4n) is 4.00. The monoisotopic (exact) mass is 414 g/mol. The molecule has 1 fully saturated rings. The lowest BCUT2D eigenvalue weighted by Crippen LogP contribution is -2.39. The van der Waals surface area contributed by atoms with Gasteiger partial charge in [-0.15, -0.1) is 5.10 Å². The van der Waals surface area contributed by atoms with E-state index in [4.69, 9.17) is 11.6 Å². The number of halogens is 1. The predicted molar refractivity (Wildman–Crippen MR) is 112 cm³/mol. The van der Waals surface area contributed by atoms with Crippen molar-refractivity contribution >= 4 is 34.7 Å². The lowest BCUT2D eigenvalue weighted by molar-refractivity contribution is -0.117. The van der Waals surface area contributed by atoms with E-state index in [1.54, 1.807) is 36.7 Å². The van der Waals surface area contributed by atoms with Crippen molar-refractivity contribution < 1.29 is 4.79 Å². The Morgan fingerprint density at radius 2 is 2.03 bits per heavy atom. The standard InChI is InChI=1S/C20H23ClN6O2/c1-13-8-14(2)11-25(10-13)18-19-24-27(20(29)26(19)7-6-22-18)12-17(28)23-16-5-3-4-15(21)9-16/h3-7,9,13-14H,8,10-12H2,1-2H3,(H,23,28)/t13-,14-/m1/s1. The second-order valence-electron chi connectivity index (χ2n) is 7.79. The van der Waals surface area contributed by atoms with Gasteiger partial charge in [0.15, 0.2) is 5.82 Å². The van der Waals surface area contributed by atoms with Gasteiger partial charge in [0.2, 0.25) is 11.6 Å². The van der Waals surface area contributed by atoms with Crippen molar-refractivity contribution in [3.63, 3.8) is 0 Å². The lowest BCUT2D eigenvalue weighted by atomic mass is 9.92. The number of rotatable bonds is 4. The Morgan fingerprint density at radius 3 is 2.76 bits per heavy atom. The van der Waals surface area contributed by atoms with Crippen LogP contribution in [0.1, 0.15) is 20.3 Å². The van der Waals surface area contributed by atoms with Crippen LogP contribution < -0.4 is 15.9 Å². The van der Waals surface area contributed by atoms with Gasteiger partial charge < -0.3 is 10.2 Å². The number of hydrogen-bond acceptors (Lipinski definition) is 5. The summed E-state index contributed by atoms with van der Waals surface area (Å²) in [4.78, 5) is 31.8. The number of carbonyl (C=O) groups is 1. The lowest BCUT2D eigenvalue weighted by Gasteiger charge is -2.35. The van der Waals surface area contributed by atoms with Crippen LogP contribution in [0.3, 0.4) is 0 Å². The topological polar surface area (TPSA) is 84.5 Å². The number of piperidine rings is 1. The molecule has 4 rings (SSSR count). The molecule has 0 aliphatic carbocycles. The van der Waals surface area contributed by atoms with E-state index in [-0.39, 0.29) is 18.1 Å². The Hall–Kier alpha value is -2.87. The summed E-state index contributed by atoms with van der Waals surface area (Å²) in [6, 6.07) is 6.85. The Morgan fingerprint density at radius 1 is 1.28 bits per heavy atom. The van der Waals surface area contributed by atoms with Gasteiger partial charge in [0.1, 0.15) is 6.54 Å². The molecule has 8 nitrogen and oxygen atoms in total. The van der Waals surface area contributed by atoms with Gasteiger partial charge in [-0.1, -0.05) is 31.5 Å². The van der Waals surface area contributed by atoms with E-state index < -0.39 is 0 Å². The zero-order valence-electron chi connectivity index (χ0n) is 16.4. The first-order chi connectivity index (χ1) is 13.9. The molecule has 1 aliphatic heterocycles. The number of anilines is 2. The molecule has 0 unspecified atom stereocenters. The first-order valence-electron chi connectivity index (χ1n) is 9.65. The van der Waals surface area contributed by atoms with Crippen molar-refractivity contribution in [2.75, 3.05) is 23.3 Å². The highest BCUT2D eigenvalue weighted by atomic mass is 35.5. The van der Waals surface area contributed by atoms with Crippen LogP contribution in [-0.2, 0) is 11.3 Å². The number of hydrogen-bond donors (Lipinski definition) is 1. The zero-order chi connectivity index (χ0) is 20.5. The van der Waals surface area contributed by atoms with Gasteiger partial charge in [-0.2, -0.15) is 0 Å². The minimum absolute atomic E-state index is 0.195. The number of carbonyl (C=O) groups excluding carboxylic acids is 1. The third kappa shape index (κ3) is 4.12. The summed E-state index contributed by atoms with van der Waals surface area (Å²) in [5, 5.41) is 7.67. The van der Waals surface area contributed by atoms with Crippen molar-refractivity contribution in [1.29, 1.82) is 0 Å². The van der Waals surface area contributed by atoms with E-state index in [1.165, 1.54) is 10.8 Å². The first kappa shape index (κ1) is 19.4. The average Bonchev–Trinajstić information content (AvgIpc) is 2.96. The van der Waals surface area contributed by atoms with Crippen molar-refractivity contribution in [2.45, 2.75) is 26.8 Å². The third-order valence-corrected chi connectivity index (χ3v) is 5.29. The van der Waals surface area contributed by atoms with Gasteiger partial charge in [0.05, 0.1) is 0 Å². The van der Waals surface area contributed by atoms with E-state index in [0.717, 1.165) is 17.8 Å². The van der Waals surface area contributed by atoms with Crippen LogP contribution in [0.5, 0.6) is 0 Å². The number of fused-ring (bicyclic) bond motifs is 1. The van der Waals surface area contributed by atoms with Gasteiger partial charge in [-0.25, -0.2) is 18.9 Å². The fourth-order valence-corrected chi connectivity index (χ4v) is 4.19. The van der Waals surface area contributed by atoms with Crippen molar-refractivity contribution in [3.05, 3.63) is 52.2 Å². The Balaban J connectivity index is 1.60. The predicted octanol–water partition coefficient (Wildman–Crippen LogP) is 2.67. The Kier molecular flexibility index (Phi) is 5.27. The molecule has 2 atom stereocenters. The zero-order valence-corrected chi connectivity index (χ0v) is 17.1. The molecule has 0 saturated carbocycles. The van der Waals surface area contributed by atoms with E-state index in [9.17, 15) is 9.59 Å². The highest BCUT2D eigenvalue weighted by Gasteiger charge is 2.25. The first-order valence-corrected chi connectivity index (χ1v) is 10.0. The summed E-state index contributed by atoms with van der Waals surface area (Å²) >= 11 is 5.95. The molecule has 3 heterocycles. The van der Waals surface area contributed by atoms with Crippen molar-refractivity contribution in [2.24, 2.45) is 11.8 Å². The summed E-state index contributed by atoms with van der Waals surface area (Å²) in [6.45, 7) is 5.97. The Labute approximate surface area is 173 Å². The fraction of sp³-hybridized carbons (Fsp3) is 0.400. The van der Waals surface area contributed by atoms with Crippen molar-refractivity contribution in [3.8, 4) is 0 Å². The van der Waals surface area contributed by atoms with Gasteiger partial charge in [0.25, 0.3) is 0 Å². The SMILES string of the molecule is C[C@@H]1C[C@@H](C)CN(c2nccn3c(=O)n(CC(=O)Nc4cccc(Cl)c4)nc23)C1. The molecule has 0 radical (unpaired) electrons. The van der Waals surface area contributed by atoms with Gasteiger partial charge in [-0.3, -0.25) is 4.79 Å². The molecule has 152 valence electrons. The number of benzene rings is 1. The third-order valence-electron chi connectivity index (χ3n) is 5.05. The van der Waals surface area contributed by atoms with Crippen LogP contribution in [0.25, 0.3) is 5.65 Å². The second kappa shape index (κ2) is 7.87. The summed E-state index contributed by atoms with van der Waals surface area (Å²) in [5.74, 6) is 1.40. The normalized spacial score (nSPS) is 19.5. The highest BCUT2D eigenvalue weighted by molar-refractivity contribution is 6.30. The highest BCUT2D eigenvalue weighted by Crippen LogP contribution is 2.26. The molecule has 1 aliphatic rings. The maximum atomic E-state index is 12.8. The number of amides is 1. The van der Waals surface area contributed by atoms with Gasteiger partial charge in [0, 0.05) is 36.2 Å². The number of aromatic nitrogens is 4. The second-order valence-corrected chi connectivity index (χ2v) is 8.23. The van der Waals surface area contributed by atoms with Crippen LogP contribution in [-0.4, -0.2) is 38.2 Å². The number of nitrogens with one attached hydrogen (secondary N) is 1. The largest absolute Gasteiger partial charge is 0.353 e. The van der Waals surface area contributed by atoms with Crippen LogP contribution in [0.2, 0.25) is 5.02 Å². The summed E-state index contributed by atoms with van der Waals surface area (Å²) in [7, 11) is 0. The molecule has 29 heavy (non-hydrogen) atoms. The van der Waals surface area contributed by atoms with E-state index in [0.29, 0.717) is 34.0 Å². The molecule has 3 aromatic rings. The molecule has 9 heteroatoms. The minimum atomic E-state index is -0.372. The summed E-state index contributed by atoms with van der Waals surface area (Å²) in [5.41, 5.74) is 0.662. The molecule has 0 spiro atoms. The van der Waals surface area contributed by atoms with Gasteiger partial charge in [-0.05, 0) is 36.5 Å².